The van der Waals surface area contributed by atoms with E-state index < -0.39 is 11.0 Å². The molecule has 0 aromatic heterocycles. The zero-order chi connectivity index (χ0) is 14.3. The Balaban J connectivity index is 1.94. The van der Waals surface area contributed by atoms with E-state index in [2.05, 4.69) is 41.1 Å². The summed E-state index contributed by atoms with van der Waals surface area (Å²) in [5.74, 6) is 1.04. The Morgan fingerprint density at radius 1 is 1.20 bits per heavy atom. The number of hydrogen-bond donors (Lipinski definition) is 1. The molecule has 2 aliphatic carbocycles. The summed E-state index contributed by atoms with van der Waals surface area (Å²) < 4.78 is 15.7. The first-order valence-corrected chi connectivity index (χ1v) is 8.57. The SMILES string of the molecule is CC(C)(C)S(=O)N[C@H]1c2ccccc2C2C=CCC[C@H]21. The highest BCUT2D eigenvalue weighted by molar-refractivity contribution is 7.84. The Labute approximate surface area is 124 Å². The molecule has 2 nitrogen and oxygen atoms in total. The molecule has 3 rings (SSSR count). The largest absolute Gasteiger partial charge is 0.242 e. The molecular formula is C17H23NOS. The van der Waals surface area contributed by atoms with Crippen LogP contribution in [-0.2, 0) is 11.0 Å². The summed E-state index contributed by atoms with van der Waals surface area (Å²) in [6.07, 6.45) is 6.94. The van der Waals surface area contributed by atoms with Gasteiger partial charge in [-0.05, 0) is 50.7 Å². The van der Waals surface area contributed by atoms with Gasteiger partial charge in [0, 0.05) is 12.0 Å². The zero-order valence-corrected chi connectivity index (χ0v) is 13.2. The minimum Gasteiger partial charge on any atom is -0.242 e. The first-order chi connectivity index (χ1) is 9.48. The molecule has 0 saturated heterocycles. The van der Waals surface area contributed by atoms with Gasteiger partial charge in [0.05, 0.1) is 15.7 Å². The normalized spacial score (nSPS) is 29.9. The van der Waals surface area contributed by atoms with E-state index >= 15 is 0 Å². The van der Waals surface area contributed by atoms with Gasteiger partial charge in [-0.1, -0.05) is 36.4 Å². The highest BCUT2D eigenvalue weighted by Crippen LogP contribution is 2.50. The second kappa shape index (κ2) is 5.12. The topological polar surface area (TPSA) is 29.1 Å². The molecule has 0 spiro atoms. The Hall–Kier alpha value is -0.930. The van der Waals surface area contributed by atoms with E-state index in [0.717, 1.165) is 6.42 Å². The number of hydrogen-bond acceptors (Lipinski definition) is 1. The van der Waals surface area contributed by atoms with Crippen LogP contribution in [0.15, 0.2) is 36.4 Å². The van der Waals surface area contributed by atoms with Gasteiger partial charge in [0.15, 0.2) is 0 Å². The zero-order valence-electron chi connectivity index (χ0n) is 12.4. The lowest BCUT2D eigenvalue weighted by Crippen LogP contribution is -2.37. The van der Waals surface area contributed by atoms with E-state index in [-0.39, 0.29) is 10.8 Å². The number of nitrogens with one attached hydrogen (secondary N) is 1. The molecule has 0 amide bonds. The third-order valence-corrected chi connectivity index (χ3v) is 5.96. The molecule has 0 heterocycles. The van der Waals surface area contributed by atoms with E-state index in [4.69, 9.17) is 0 Å². The Kier molecular flexibility index (Phi) is 3.59. The maximum absolute atomic E-state index is 12.5. The van der Waals surface area contributed by atoms with Gasteiger partial charge in [-0.15, -0.1) is 0 Å². The van der Waals surface area contributed by atoms with E-state index in [9.17, 15) is 4.21 Å². The number of allylic oxidation sites excluding steroid dienone is 2. The van der Waals surface area contributed by atoms with Gasteiger partial charge in [-0.2, -0.15) is 0 Å². The number of rotatable bonds is 2. The summed E-state index contributed by atoms with van der Waals surface area (Å²) in [5.41, 5.74) is 2.75. The standard InChI is InChI=1S/C17H23NOS/c1-17(2,3)20(19)18-16-14-10-6-4-8-12(14)13-9-5-7-11-15(13)16/h4-6,8-10,13,15-16,18H,7,11H2,1-3H3/t13?,15-,16+,20?/m1/s1. The maximum Gasteiger partial charge on any atom is 0.0976 e. The van der Waals surface area contributed by atoms with Crippen LogP contribution in [0.2, 0.25) is 0 Å². The third-order valence-electron chi connectivity index (χ3n) is 4.38. The van der Waals surface area contributed by atoms with Crippen LogP contribution in [0.1, 0.15) is 56.7 Å². The fourth-order valence-corrected chi connectivity index (χ4v) is 4.22. The fourth-order valence-electron chi connectivity index (χ4n) is 3.33. The predicted octanol–water partition coefficient (Wildman–Crippen LogP) is 3.84. The molecule has 0 aliphatic heterocycles. The van der Waals surface area contributed by atoms with Crippen molar-refractivity contribution >= 4 is 11.0 Å². The summed E-state index contributed by atoms with van der Waals surface area (Å²) >= 11 is 0. The van der Waals surface area contributed by atoms with Gasteiger partial charge < -0.3 is 0 Å². The molecule has 1 aromatic carbocycles. The van der Waals surface area contributed by atoms with Crippen molar-refractivity contribution in [3.63, 3.8) is 0 Å². The molecule has 108 valence electrons. The van der Waals surface area contributed by atoms with Crippen molar-refractivity contribution in [2.24, 2.45) is 5.92 Å². The summed E-state index contributed by atoms with van der Waals surface area (Å²) in [6.45, 7) is 6.07. The lowest BCUT2D eigenvalue weighted by molar-refractivity contribution is 0.374. The molecule has 0 fully saturated rings. The average Bonchev–Trinajstić information content (AvgIpc) is 2.73. The smallest absolute Gasteiger partial charge is 0.0976 e. The molecule has 4 atom stereocenters. The third kappa shape index (κ3) is 2.38. The van der Waals surface area contributed by atoms with Crippen LogP contribution in [0.4, 0.5) is 0 Å². The van der Waals surface area contributed by atoms with Crippen molar-refractivity contribution < 1.29 is 4.21 Å². The summed E-state index contributed by atoms with van der Waals surface area (Å²) in [7, 11) is -1.02. The van der Waals surface area contributed by atoms with Crippen molar-refractivity contribution in [3.8, 4) is 0 Å². The van der Waals surface area contributed by atoms with Crippen molar-refractivity contribution in [1.82, 2.24) is 4.72 Å². The quantitative estimate of drug-likeness (QED) is 0.823. The molecule has 0 bridgehead atoms. The van der Waals surface area contributed by atoms with Crippen LogP contribution in [0, 0.1) is 5.92 Å². The molecule has 0 saturated carbocycles. The predicted molar refractivity (Wildman–Crippen MR) is 84.8 cm³/mol. The second-order valence-electron chi connectivity index (χ2n) is 6.80. The molecule has 2 unspecified atom stereocenters. The molecule has 2 aliphatic rings. The van der Waals surface area contributed by atoms with E-state index in [1.165, 1.54) is 17.5 Å². The Morgan fingerprint density at radius 2 is 1.90 bits per heavy atom. The monoisotopic (exact) mass is 289 g/mol. The maximum atomic E-state index is 12.5. The summed E-state index contributed by atoms with van der Waals surface area (Å²) in [6, 6.07) is 8.85. The lowest BCUT2D eigenvalue weighted by atomic mass is 9.83. The van der Waals surface area contributed by atoms with Crippen LogP contribution in [0.3, 0.4) is 0 Å². The van der Waals surface area contributed by atoms with Crippen LogP contribution in [-0.4, -0.2) is 8.96 Å². The molecule has 1 aromatic rings. The van der Waals surface area contributed by atoms with E-state index in [0.29, 0.717) is 11.8 Å². The molecule has 0 radical (unpaired) electrons. The van der Waals surface area contributed by atoms with Crippen LogP contribution < -0.4 is 4.72 Å². The second-order valence-corrected chi connectivity index (χ2v) is 8.80. The first kappa shape index (κ1) is 14.0. The molecular weight excluding hydrogens is 266 g/mol. The highest BCUT2D eigenvalue weighted by atomic mass is 32.2. The summed E-state index contributed by atoms with van der Waals surface area (Å²) in [4.78, 5) is 0. The van der Waals surface area contributed by atoms with Gasteiger partial charge >= 0.3 is 0 Å². The molecule has 1 N–H and O–H groups in total. The van der Waals surface area contributed by atoms with E-state index in [1.54, 1.807) is 0 Å². The number of fused-ring (bicyclic) bond motifs is 3. The van der Waals surface area contributed by atoms with Crippen molar-refractivity contribution in [1.29, 1.82) is 0 Å². The van der Waals surface area contributed by atoms with Crippen LogP contribution >= 0.6 is 0 Å². The van der Waals surface area contributed by atoms with Gasteiger partial charge in [0.25, 0.3) is 0 Å². The van der Waals surface area contributed by atoms with Crippen molar-refractivity contribution in [3.05, 3.63) is 47.5 Å². The minimum atomic E-state index is -1.02. The number of benzene rings is 1. The van der Waals surface area contributed by atoms with Gasteiger partial charge in [0.1, 0.15) is 0 Å². The van der Waals surface area contributed by atoms with Crippen LogP contribution in [0.25, 0.3) is 0 Å². The Bertz CT molecular complexity index is 558. The van der Waals surface area contributed by atoms with Crippen molar-refractivity contribution in [2.75, 3.05) is 0 Å². The average molecular weight is 289 g/mol. The molecule has 20 heavy (non-hydrogen) atoms. The first-order valence-electron chi connectivity index (χ1n) is 7.42. The van der Waals surface area contributed by atoms with E-state index in [1.807, 2.05) is 20.8 Å². The van der Waals surface area contributed by atoms with Gasteiger partial charge in [-0.3, -0.25) is 0 Å². The van der Waals surface area contributed by atoms with Crippen molar-refractivity contribution in [2.45, 2.75) is 50.3 Å². The lowest BCUT2D eigenvalue weighted by Gasteiger charge is -2.29. The fraction of sp³-hybridized carbons (Fsp3) is 0.529. The Morgan fingerprint density at radius 3 is 2.60 bits per heavy atom. The molecule has 3 heteroatoms. The van der Waals surface area contributed by atoms with Crippen LogP contribution in [0.5, 0.6) is 0 Å². The van der Waals surface area contributed by atoms with Gasteiger partial charge in [0.2, 0.25) is 0 Å². The summed E-state index contributed by atoms with van der Waals surface area (Å²) in [5, 5.41) is 0. The highest BCUT2D eigenvalue weighted by Gasteiger charge is 2.41. The minimum absolute atomic E-state index is 0.223. The van der Waals surface area contributed by atoms with Gasteiger partial charge in [-0.25, -0.2) is 8.93 Å².